The fourth-order valence-corrected chi connectivity index (χ4v) is 2.52. The van der Waals surface area contributed by atoms with Gasteiger partial charge in [-0.2, -0.15) is 0 Å². The van der Waals surface area contributed by atoms with E-state index in [2.05, 4.69) is 33.9 Å². The van der Waals surface area contributed by atoms with E-state index in [1.54, 1.807) is 0 Å². The summed E-state index contributed by atoms with van der Waals surface area (Å²) in [6.07, 6.45) is -0.944. The Morgan fingerprint density at radius 2 is 1.70 bits per heavy atom. The van der Waals surface area contributed by atoms with Crippen molar-refractivity contribution in [3.8, 4) is 0 Å². The van der Waals surface area contributed by atoms with Crippen molar-refractivity contribution in [3.63, 3.8) is 0 Å². The van der Waals surface area contributed by atoms with E-state index in [1.165, 1.54) is 4.90 Å². The van der Waals surface area contributed by atoms with Gasteiger partial charge in [-0.15, -0.1) is 0 Å². The Kier molecular flexibility index (Phi) is 6.26. The van der Waals surface area contributed by atoms with Gasteiger partial charge >= 0.3 is 6.09 Å². The third kappa shape index (κ3) is 5.81. The highest BCUT2D eigenvalue weighted by atomic mass is 28.4. The molecule has 0 heterocycles. The molecular formula is C14H32N2O3Si. The molecule has 0 aromatic carbocycles. The molecule has 0 fully saturated rings. The van der Waals surface area contributed by atoms with Gasteiger partial charge in [0.05, 0.1) is 6.61 Å². The zero-order valence-corrected chi connectivity index (χ0v) is 15.3. The third-order valence-corrected chi connectivity index (χ3v) is 8.42. The molecule has 0 saturated heterocycles. The average molecular weight is 305 g/mol. The summed E-state index contributed by atoms with van der Waals surface area (Å²) in [6.45, 7) is 17.1. The highest BCUT2D eigenvalue weighted by Crippen LogP contribution is 2.36. The van der Waals surface area contributed by atoms with Crippen molar-refractivity contribution in [2.75, 3.05) is 13.2 Å². The Morgan fingerprint density at radius 1 is 1.25 bits per heavy atom. The summed E-state index contributed by atoms with van der Waals surface area (Å²) in [5, 5.41) is 9.38. The van der Waals surface area contributed by atoms with E-state index in [4.69, 9.17) is 10.2 Å². The van der Waals surface area contributed by atoms with Crippen LogP contribution in [-0.4, -0.2) is 49.1 Å². The minimum Gasteiger partial charge on any atom is -0.465 e. The first kappa shape index (κ1) is 19.4. The van der Waals surface area contributed by atoms with Crippen molar-refractivity contribution >= 4 is 14.4 Å². The van der Waals surface area contributed by atoms with E-state index in [-0.39, 0.29) is 17.6 Å². The van der Waals surface area contributed by atoms with Crippen LogP contribution in [0.4, 0.5) is 4.79 Å². The molecule has 5 nitrogen and oxygen atoms in total. The summed E-state index contributed by atoms with van der Waals surface area (Å²) in [6, 6.07) is -0.306. The second-order valence-electron chi connectivity index (χ2n) is 7.90. The maximum absolute atomic E-state index is 11.3. The van der Waals surface area contributed by atoms with Crippen LogP contribution in [0.2, 0.25) is 18.1 Å². The largest absolute Gasteiger partial charge is 0.465 e. The van der Waals surface area contributed by atoms with Gasteiger partial charge in [0.2, 0.25) is 0 Å². The van der Waals surface area contributed by atoms with Gasteiger partial charge in [0.25, 0.3) is 0 Å². The van der Waals surface area contributed by atoms with Crippen LogP contribution in [-0.2, 0) is 4.43 Å². The smallest absolute Gasteiger partial charge is 0.407 e. The van der Waals surface area contributed by atoms with E-state index in [9.17, 15) is 9.90 Å². The third-order valence-electron chi connectivity index (χ3n) is 3.92. The fourth-order valence-electron chi connectivity index (χ4n) is 1.46. The Hall–Kier alpha value is -0.593. The minimum absolute atomic E-state index is 0.128. The summed E-state index contributed by atoms with van der Waals surface area (Å²) in [7, 11) is -1.84. The molecule has 0 aromatic rings. The molecule has 6 heteroatoms. The zero-order chi connectivity index (χ0) is 16.4. The Labute approximate surface area is 124 Å². The SMILES string of the molecule is CC(C)(C)N(C[C@H](N)CO[Si](C)(C)C(C)(C)C)C(=O)O. The van der Waals surface area contributed by atoms with Crippen molar-refractivity contribution < 1.29 is 14.3 Å². The summed E-state index contributed by atoms with van der Waals surface area (Å²) in [4.78, 5) is 12.6. The molecule has 20 heavy (non-hydrogen) atoms. The molecule has 0 saturated carbocycles. The normalized spacial score (nSPS) is 15.1. The molecule has 3 N–H and O–H groups in total. The summed E-state index contributed by atoms with van der Waals surface area (Å²) in [5.74, 6) is 0. The van der Waals surface area contributed by atoms with Gasteiger partial charge in [-0.05, 0) is 38.9 Å². The number of hydrogen-bond donors (Lipinski definition) is 2. The molecule has 1 amide bonds. The van der Waals surface area contributed by atoms with Crippen molar-refractivity contribution in [2.24, 2.45) is 5.73 Å². The Morgan fingerprint density at radius 3 is 2.00 bits per heavy atom. The van der Waals surface area contributed by atoms with Crippen LogP contribution in [0.15, 0.2) is 0 Å². The van der Waals surface area contributed by atoms with Crippen LogP contribution in [0.5, 0.6) is 0 Å². The lowest BCUT2D eigenvalue weighted by molar-refractivity contribution is 0.0904. The number of nitrogens with zero attached hydrogens (tertiary/aromatic N) is 1. The van der Waals surface area contributed by atoms with Gasteiger partial charge < -0.3 is 20.2 Å². The number of hydrogen-bond acceptors (Lipinski definition) is 3. The first-order valence-electron chi connectivity index (χ1n) is 7.08. The molecule has 0 radical (unpaired) electrons. The maximum Gasteiger partial charge on any atom is 0.407 e. The van der Waals surface area contributed by atoms with E-state index in [0.717, 1.165) is 0 Å². The molecule has 0 rings (SSSR count). The Bertz CT molecular complexity index is 332. The molecule has 0 aliphatic heterocycles. The van der Waals surface area contributed by atoms with Gasteiger partial charge in [0, 0.05) is 18.1 Å². The van der Waals surface area contributed by atoms with E-state index >= 15 is 0 Å². The lowest BCUT2D eigenvalue weighted by atomic mass is 10.1. The van der Waals surface area contributed by atoms with Gasteiger partial charge in [0.15, 0.2) is 8.32 Å². The Balaban J connectivity index is 4.57. The number of amides is 1. The molecule has 0 aliphatic carbocycles. The van der Waals surface area contributed by atoms with Crippen molar-refractivity contribution in [1.82, 2.24) is 4.90 Å². The fraction of sp³-hybridized carbons (Fsp3) is 0.929. The van der Waals surface area contributed by atoms with Crippen molar-refractivity contribution in [3.05, 3.63) is 0 Å². The number of carbonyl (C=O) groups is 1. The van der Waals surface area contributed by atoms with Gasteiger partial charge in [0.1, 0.15) is 0 Å². The minimum atomic E-state index is -1.84. The van der Waals surface area contributed by atoms with E-state index in [1.807, 2.05) is 20.8 Å². The first-order valence-corrected chi connectivity index (χ1v) is 9.99. The highest BCUT2D eigenvalue weighted by Gasteiger charge is 2.37. The molecule has 0 aliphatic rings. The molecule has 0 bridgehead atoms. The van der Waals surface area contributed by atoms with Gasteiger partial charge in [-0.3, -0.25) is 0 Å². The van der Waals surface area contributed by atoms with Crippen LogP contribution in [0, 0.1) is 0 Å². The van der Waals surface area contributed by atoms with Crippen LogP contribution < -0.4 is 5.73 Å². The van der Waals surface area contributed by atoms with Crippen LogP contribution in [0.1, 0.15) is 41.5 Å². The molecule has 0 spiro atoms. The van der Waals surface area contributed by atoms with Crippen molar-refractivity contribution in [1.29, 1.82) is 0 Å². The molecule has 1 atom stereocenters. The summed E-state index contributed by atoms with van der Waals surface area (Å²) < 4.78 is 6.04. The quantitative estimate of drug-likeness (QED) is 0.765. The maximum atomic E-state index is 11.3. The van der Waals surface area contributed by atoms with Crippen LogP contribution in [0.3, 0.4) is 0 Å². The second-order valence-corrected chi connectivity index (χ2v) is 12.7. The van der Waals surface area contributed by atoms with Crippen molar-refractivity contribution in [2.45, 2.75) is 71.3 Å². The van der Waals surface area contributed by atoms with Gasteiger partial charge in [-0.1, -0.05) is 20.8 Å². The average Bonchev–Trinajstić information content (AvgIpc) is 2.19. The molecule has 0 unspecified atom stereocenters. The predicted octanol–water partition coefficient (Wildman–Crippen LogP) is 3.11. The number of nitrogens with two attached hydrogens (primary N) is 1. The number of carboxylic acid groups (broad SMARTS) is 1. The summed E-state index contributed by atoms with van der Waals surface area (Å²) >= 11 is 0. The number of rotatable bonds is 5. The predicted molar refractivity (Wildman–Crippen MR) is 85.6 cm³/mol. The summed E-state index contributed by atoms with van der Waals surface area (Å²) in [5.41, 5.74) is 5.59. The highest BCUT2D eigenvalue weighted by molar-refractivity contribution is 6.74. The van der Waals surface area contributed by atoms with Gasteiger partial charge in [-0.25, -0.2) is 4.79 Å². The molecular weight excluding hydrogens is 272 g/mol. The first-order chi connectivity index (χ1) is 8.68. The van der Waals surface area contributed by atoms with E-state index < -0.39 is 19.9 Å². The standard InChI is InChI=1S/C14H32N2O3Si/c1-13(2,3)16(12(17)18)9-11(15)10-19-20(7,8)14(4,5)6/h11H,9-10,15H2,1-8H3,(H,17,18)/t11-/m0/s1. The lowest BCUT2D eigenvalue weighted by Gasteiger charge is -2.38. The second kappa shape index (κ2) is 6.45. The van der Waals surface area contributed by atoms with E-state index in [0.29, 0.717) is 6.61 Å². The van der Waals surface area contributed by atoms with Crippen LogP contribution >= 0.6 is 0 Å². The molecule has 0 aromatic heterocycles. The van der Waals surface area contributed by atoms with Crippen LogP contribution in [0.25, 0.3) is 0 Å². The lowest BCUT2D eigenvalue weighted by Crippen LogP contribution is -2.53. The topological polar surface area (TPSA) is 75.8 Å². The molecule has 120 valence electrons. The zero-order valence-electron chi connectivity index (χ0n) is 14.3. The monoisotopic (exact) mass is 304 g/mol.